The molecule has 1 unspecified atom stereocenters. The highest BCUT2D eigenvalue weighted by molar-refractivity contribution is 5.03. The van der Waals surface area contributed by atoms with Crippen molar-refractivity contribution in [2.75, 3.05) is 6.61 Å². The molecule has 0 bridgehead atoms. The third-order valence-electron chi connectivity index (χ3n) is 0.910. The maximum absolute atomic E-state index is 8.90. The molecule has 0 heterocycles. The van der Waals surface area contributed by atoms with Gasteiger partial charge in [-0.2, -0.15) is 0 Å². The van der Waals surface area contributed by atoms with E-state index in [0.29, 0.717) is 6.42 Å². The summed E-state index contributed by atoms with van der Waals surface area (Å²) >= 11 is 0. The molecule has 0 aliphatic carbocycles. The fraction of sp³-hybridized carbons (Fsp3) is 0.714. The van der Waals surface area contributed by atoms with Crippen molar-refractivity contribution in [2.24, 2.45) is 0 Å². The molecule has 0 radical (unpaired) electrons. The zero-order chi connectivity index (χ0) is 7.11. The molecule has 52 valence electrons. The molecule has 2 nitrogen and oxygen atoms in total. The first kappa shape index (κ1) is 8.48. The van der Waals surface area contributed by atoms with Gasteiger partial charge in [0.15, 0.2) is 0 Å². The average Bonchev–Trinajstić information content (AvgIpc) is 1.85. The van der Waals surface area contributed by atoms with Gasteiger partial charge in [0.2, 0.25) is 0 Å². The zero-order valence-corrected chi connectivity index (χ0v) is 5.59. The Balaban J connectivity index is 3.36. The first-order chi connectivity index (χ1) is 4.31. The summed E-state index contributed by atoms with van der Waals surface area (Å²) in [5.74, 6) is 4.88. The van der Waals surface area contributed by atoms with Crippen molar-refractivity contribution >= 4 is 0 Å². The lowest BCUT2D eigenvalue weighted by molar-refractivity contribution is 0.220. The first-order valence-electron chi connectivity index (χ1n) is 3.08. The maximum Gasteiger partial charge on any atom is 0.114 e. The van der Waals surface area contributed by atoms with Gasteiger partial charge in [0.25, 0.3) is 0 Å². The summed E-state index contributed by atoms with van der Waals surface area (Å²) in [6, 6.07) is 0. The molecular formula is C7H12O2. The van der Waals surface area contributed by atoms with Crippen molar-refractivity contribution in [1.82, 2.24) is 0 Å². The minimum Gasteiger partial charge on any atom is -0.384 e. The summed E-state index contributed by atoms with van der Waals surface area (Å²) in [4.78, 5) is 0. The monoisotopic (exact) mass is 128 g/mol. The van der Waals surface area contributed by atoms with Crippen molar-refractivity contribution in [3.63, 3.8) is 0 Å². The minimum absolute atomic E-state index is 0.166. The quantitative estimate of drug-likeness (QED) is 0.519. The summed E-state index contributed by atoms with van der Waals surface area (Å²) in [5.41, 5.74) is 0. The molecule has 1 atom stereocenters. The number of hydrogen-bond donors (Lipinski definition) is 2. The highest BCUT2D eigenvalue weighted by Crippen LogP contribution is 1.92. The van der Waals surface area contributed by atoms with Gasteiger partial charge in [-0.15, -0.1) is 0 Å². The van der Waals surface area contributed by atoms with Crippen LogP contribution in [-0.4, -0.2) is 22.9 Å². The van der Waals surface area contributed by atoms with Crippen molar-refractivity contribution in [1.29, 1.82) is 0 Å². The van der Waals surface area contributed by atoms with Crippen LogP contribution in [0.15, 0.2) is 0 Å². The van der Waals surface area contributed by atoms with E-state index in [9.17, 15) is 0 Å². The highest BCUT2D eigenvalue weighted by atomic mass is 16.3. The van der Waals surface area contributed by atoms with Crippen molar-refractivity contribution in [2.45, 2.75) is 25.9 Å². The van der Waals surface area contributed by atoms with E-state index < -0.39 is 6.10 Å². The van der Waals surface area contributed by atoms with Crippen molar-refractivity contribution in [3.05, 3.63) is 0 Å². The van der Waals surface area contributed by atoms with Gasteiger partial charge >= 0.3 is 0 Å². The van der Waals surface area contributed by atoms with E-state index in [1.54, 1.807) is 0 Å². The molecule has 0 saturated carbocycles. The van der Waals surface area contributed by atoms with E-state index in [-0.39, 0.29) is 6.61 Å². The molecule has 0 saturated heterocycles. The van der Waals surface area contributed by atoms with E-state index in [0.717, 1.165) is 6.42 Å². The molecule has 2 N–H and O–H groups in total. The highest BCUT2D eigenvalue weighted by Gasteiger charge is 1.93. The predicted molar refractivity (Wildman–Crippen MR) is 35.8 cm³/mol. The van der Waals surface area contributed by atoms with Crippen molar-refractivity contribution in [3.8, 4) is 11.8 Å². The van der Waals surface area contributed by atoms with Crippen LogP contribution in [0.5, 0.6) is 0 Å². The third kappa shape index (κ3) is 5.35. The molecule has 0 spiro atoms. The topological polar surface area (TPSA) is 40.5 Å². The van der Waals surface area contributed by atoms with Crippen LogP contribution in [0.3, 0.4) is 0 Å². The molecule has 0 aliphatic heterocycles. The number of aliphatic hydroxyl groups excluding tert-OH is 2. The predicted octanol–water partition coefficient (Wildman–Crippen LogP) is 0.143. The number of rotatable bonds is 2. The molecule has 9 heavy (non-hydrogen) atoms. The number of hydrogen-bond acceptors (Lipinski definition) is 2. The van der Waals surface area contributed by atoms with Crippen LogP contribution in [0.4, 0.5) is 0 Å². The molecule has 0 fully saturated rings. The largest absolute Gasteiger partial charge is 0.384 e. The summed E-state index contributed by atoms with van der Waals surface area (Å²) < 4.78 is 0. The van der Waals surface area contributed by atoms with E-state index in [2.05, 4.69) is 11.8 Å². The Morgan fingerprint density at radius 2 is 2.22 bits per heavy atom. The molecule has 0 amide bonds. The van der Waals surface area contributed by atoms with Crippen LogP contribution >= 0.6 is 0 Å². The molecule has 2 heteroatoms. The Bertz CT molecular complexity index is 110. The normalized spacial score (nSPS) is 11.9. The third-order valence-corrected chi connectivity index (χ3v) is 0.910. The molecular weight excluding hydrogens is 116 g/mol. The van der Waals surface area contributed by atoms with Gasteiger partial charge in [0.05, 0.1) is 0 Å². The maximum atomic E-state index is 8.90. The molecule has 0 rings (SSSR count). The van der Waals surface area contributed by atoms with Crippen LogP contribution in [0.1, 0.15) is 19.8 Å². The summed E-state index contributed by atoms with van der Waals surface area (Å²) in [6.45, 7) is 1.81. The lowest BCUT2D eigenvalue weighted by Crippen LogP contribution is -2.01. The van der Waals surface area contributed by atoms with Gasteiger partial charge in [-0.1, -0.05) is 25.2 Å². The van der Waals surface area contributed by atoms with Gasteiger partial charge in [0.1, 0.15) is 12.7 Å². The van der Waals surface area contributed by atoms with Crippen LogP contribution in [0.2, 0.25) is 0 Å². The van der Waals surface area contributed by atoms with Gasteiger partial charge in [0, 0.05) is 0 Å². The van der Waals surface area contributed by atoms with E-state index in [1.807, 2.05) is 6.92 Å². The van der Waals surface area contributed by atoms with E-state index >= 15 is 0 Å². The van der Waals surface area contributed by atoms with Gasteiger partial charge in [-0.05, 0) is 6.42 Å². The van der Waals surface area contributed by atoms with Gasteiger partial charge in [-0.3, -0.25) is 0 Å². The number of aliphatic hydroxyl groups is 2. The van der Waals surface area contributed by atoms with E-state index in [1.165, 1.54) is 0 Å². The Morgan fingerprint density at radius 1 is 1.56 bits per heavy atom. The fourth-order valence-electron chi connectivity index (χ4n) is 0.509. The minimum atomic E-state index is -0.554. The molecule has 0 aromatic carbocycles. The lowest BCUT2D eigenvalue weighted by Gasteiger charge is -1.96. The molecule has 0 aromatic rings. The summed E-state index contributed by atoms with van der Waals surface area (Å²) in [6.07, 6.45) is 1.05. The standard InChI is InChI=1S/C7H12O2/c1-2-4-7(9)5-3-6-8/h7-9H,2,4,6H2,1H3. The van der Waals surface area contributed by atoms with Gasteiger partial charge in [-0.25, -0.2) is 0 Å². The zero-order valence-electron chi connectivity index (χ0n) is 5.59. The smallest absolute Gasteiger partial charge is 0.114 e. The second kappa shape index (κ2) is 5.61. The van der Waals surface area contributed by atoms with Crippen LogP contribution < -0.4 is 0 Å². The first-order valence-corrected chi connectivity index (χ1v) is 3.08. The Morgan fingerprint density at radius 3 is 2.67 bits per heavy atom. The Labute approximate surface area is 55.5 Å². The molecule has 0 aliphatic rings. The molecule has 0 aromatic heterocycles. The van der Waals surface area contributed by atoms with Crippen LogP contribution in [0, 0.1) is 11.8 Å². The second-order valence-electron chi connectivity index (χ2n) is 1.78. The van der Waals surface area contributed by atoms with Crippen LogP contribution in [0.25, 0.3) is 0 Å². The second-order valence-corrected chi connectivity index (χ2v) is 1.78. The van der Waals surface area contributed by atoms with Gasteiger partial charge < -0.3 is 10.2 Å². The Hall–Kier alpha value is -0.520. The van der Waals surface area contributed by atoms with Crippen molar-refractivity contribution < 1.29 is 10.2 Å². The van der Waals surface area contributed by atoms with Crippen LogP contribution in [-0.2, 0) is 0 Å². The average molecular weight is 128 g/mol. The van der Waals surface area contributed by atoms with E-state index in [4.69, 9.17) is 10.2 Å². The SMILES string of the molecule is CCCC(O)C#CCO. The fourth-order valence-corrected chi connectivity index (χ4v) is 0.509. The Kier molecular flexibility index (Phi) is 5.29. The summed E-state index contributed by atoms with van der Waals surface area (Å²) in [7, 11) is 0. The summed E-state index contributed by atoms with van der Waals surface area (Å²) in [5, 5.41) is 17.1. The lowest BCUT2D eigenvalue weighted by atomic mass is 10.2.